The van der Waals surface area contributed by atoms with Gasteiger partial charge in [-0.2, -0.15) is 13.2 Å². The molecule has 0 fully saturated rings. The lowest BCUT2D eigenvalue weighted by molar-refractivity contribution is -0.264. The summed E-state index contributed by atoms with van der Waals surface area (Å²) in [4.78, 5) is 11.7. The van der Waals surface area contributed by atoms with Gasteiger partial charge in [-0.25, -0.2) is 0 Å². The van der Waals surface area contributed by atoms with Crippen molar-refractivity contribution in [2.75, 3.05) is 20.1 Å². The maximum atomic E-state index is 13.2. The average molecular weight is 304 g/mol. The molecule has 0 spiro atoms. The lowest BCUT2D eigenvalue weighted by atomic mass is 9.92. The average Bonchev–Trinajstić information content (AvgIpc) is 2.44. The molecule has 0 aliphatic carbocycles. The van der Waals surface area contributed by atoms with Gasteiger partial charge in [0.25, 0.3) is 0 Å². The molecule has 1 aromatic rings. The Bertz CT molecular complexity index is 465. The Hall–Kier alpha value is -1.60. The molecule has 7 heteroatoms. The van der Waals surface area contributed by atoms with Crippen LogP contribution >= 0.6 is 0 Å². The number of aliphatic hydroxyl groups is 1. The summed E-state index contributed by atoms with van der Waals surface area (Å²) in [7, 11) is 1.64. The molecule has 0 bridgehead atoms. The second-order valence-corrected chi connectivity index (χ2v) is 4.90. The van der Waals surface area contributed by atoms with E-state index in [1.165, 1.54) is 24.3 Å². The number of hydrogen-bond donors (Lipinski definition) is 3. The molecule has 21 heavy (non-hydrogen) atoms. The molecule has 1 aromatic carbocycles. The first-order valence-corrected chi connectivity index (χ1v) is 6.49. The molecule has 0 radical (unpaired) electrons. The zero-order valence-electron chi connectivity index (χ0n) is 11.9. The fraction of sp³-hybridized carbons (Fsp3) is 0.500. The van der Waals surface area contributed by atoms with Crippen molar-refractivity contribution in [1.29, 1.82) is 0 Å². The predicted molar refractivity (Wildman–Crippen MR) is 72.5 cm³/mol. The number of nitrogens with one attached hydrogen (secondary N) is 2. The third kappa shape index (κ3) is 4.18. The fourth-order valence-corrected chi connectivity index (χ4v) is 1.87. The minimum atomic E-state index is -4.89. The van der Waals surface area contributed by atoms with Gasteiger partial charge in [-0.15, -0.1) is 0 Å². The first-order chi connectivity index (χ1) is 9.72. The number of benzene rings is 1. The highest BCUT2D eigenvalue weighted by Gasteiger charge is 2.55. The van der Waals surface area contributed by atoms with E-state index in [1.54, 1.807) is 20.0 Å². The SMILES string of the molecule is CNCC(C)C(=O)NCC(O)(c1ccccc1)C(F)(F)F. The first-order valence-electron chi connectivity index (χ1n) is 6.49. The third-order valence-corrected chi connectivity index (χ3v) is 3.20. The van der Waals surface area contributed by atoms with E-state index in [1.807, 2.05) is 0 Å². The highest BCUT2D eigenvalue weighted by molar-refractivity contribution is 5.78. The topological polar surface area (TPSA) is 61.4 Å². The van der Waals surface area contributed by atoms with Gasteiger partial charge in [0.05, 0.1) is 6.54 Å². The molecular formula is C14H19F3N2O2. The van der Waals surface area contributed by atoms with Crippen LogP contribution in [0.25, 0.3) is 0 Å². The summed E-state index contributed by atoms with van der Waals surface area (Å²) in [6.07, 6.45) is -4.89. The summed E-state index contributed by atoms with van der Waals surface area (Å²) in [5, 5.41) is 15.0. The number of rotatable bonds is 6. The molecule has 0 aliphatic heterocycles. The normalized spacial score (nSPS) is 16.1. The molecule has 2 unspecified atom stereocenters. The van der Waals surface area contributed by atoms with E-state index in [9.17, 15) is 23.1 Å². The van der Waals surface area contributed by atoms with Crippen LogP contribution in [0.1, 0.15) is 12.5 Å². The maximum Gasteiger partial charge on any atom is 0.423 e. The highest BCUT2D eigenvalue weighted by atomic mass is 19.4. The van der Waals surface area contributed by atoms with Gasteiger partial charge in [-0.1, -0.05) is 37.3 Å². The third-order valence-electron chi connectivity index (χ3n) is 3.20. The van der Waals surface area contributed by atoms with Crippen LogP contribution in [0.15, 0.2) is 30.3 Å². The van der Waals surface area contributed by atoms with E-state index < -0.39 is 30.1 Å². The van der Waals surface area contributed by atoms with E-state index in [0.717, 1.165) is 0 Å². The molecule has 4 nitrogen and oxygen atoms in total. The van der Waals surface area contributed by atoms with Crippen molar-refractivity contribution >= 4 is 5.91 Å². The summed E-state index contributed by atoms with van der Waals surface area (Å²) < 4.78 is 39.5. The quantitative estimate of drug-likeness (QED) is 0.745. The Morgan fingerprint density at radius 3 is 2.33 bits per heavy atom. The van der Waals surface area contributed by atoms with Crippen LogP contribution in [-0.4, -0.2) is 37.3 Å². The van der Waals surface area contributed by atoms with Gasteiger partial charge in [0, 0.05) is 12.5 Å². The monoisotopic (exact) mass is 304 g/mol. The van der Waals surface area contributed by atoms with Crippen molar-refractivity contribution in [2.24, 2.45) is 5.92 Å². The molecule has 3 N–H and O–H groups in total. The second-order valence-electron chi connectivity index (χ2n) is 4.90. The van der Waals surface area contributed by atoms with Crippen molar-refractivity contribution < 1.29 is 23.1 Å². The van der Waals surface area contributed by atoms with Crippen molar-refractivity contribution in [3.05, 3.63) is 35.9 Å². The summed E-state index contributed by atoms with van der Waals surface area (Å²) in [5.41, 5.74) is -3.41. The van der Waals surface area contributed by atoms with Gasteiger partial charge < -0.3 is 15.7 Å². The lowest BCUT2D eigenvalue weighted by Gasteiger charge is -2.31. The minimum Gasteiger partial charge on any atom is -0.375 e. The van der Waals surface area contributed by atoms with Gasteiger partial charge >= 0.3 is 6.18 Å². The number of carbonyl (C=O) groups is 1. The summed E-state index contributed by atoms with van der Waals surface area (Å²) in [6.45, 7) is 0.996. The molecule has 118 valence electrons. The molecular weight excluding hydrogens is 285 g/mol. The van der Waals surface area contributed by atoms with E-state index in [-0.39, 0.29) is 5.56 Å². The Morgan fingerprint density at radius 2 is 1.86 bits per heavy atom. The standard InChI is InChI=1S/C14H19F3N2O2/c1-10(8-18-2)12(20)19-9-13(21,14(15,16)17)11-6-4-3-5-7-11/h3-7,10,18,21H,8-9H2,1-2H3,(H,19,20). The number of amides is 1. The van der Waals surface area contributed by atoms with Crippen LogP contribution in [0, 0.1) is 5.92 Å². The van der Waals surface area contributed by atoms with Gasteiger partial charge in [0.2, 0.25) is 11.5 Å². The lowest BCUT2D eigenvalue weighted by Crippen LogP contribution is -2.52. The van der Waals surface area contributed by atoms with E-state index in [4.69, 9.17) is 0 Å². The predicted octanol–water partition coefficient (Wildman–Crippen LogP) is 1.41. The van der Waals surface area contributed by atoms with E-state index in [2.05, 4.69) is 10.6 Å². The smallest absolute Gasteiger partial charge is 0.375 e. The Kier molecular flexibility index (Phi) is 5.74. The summed E-state index contributed by atoms with van der Waals surface area (Å²) in [5.74, 6) is -1.05. The highest BCUT2D eigenvalue weighted by Crippen LogP contribution is 2.38. The molecule has 0 saturated carbocycles. The molecule has 0 aliphatic rings. The molecule has 0 aromatic heterocycles. The van der Waals surface area contributed by atoms with Crippen LogP contribution in [0.4, 0.5) is 13.2 Å². The fourth-order valence-electron chi connectivity index (χ4n) is 1.87. The van der Waals surface area contributed by atoms with Gasteiger partial charge in [-0.05, 0) is 12.6 Å². The first kappa shape index (κ1) is 17.5. The second kappa shape index (κ2) is 6.91. The number of alkyl halides is 3. The van der Waals surface area contributed by atoms with Crippen LogP contribution < -0.4 is 10.6 Å². The Morgan fingerprint density at radius 1 is 1.29 bits per heavy atom. The van der Waals surface area contributed by atoms with Crippen molar-refractivity contribution in [1.82, 2.24) is 10.6 Å². The molecule has 1 amide bonds. The van der Waals surface area contributed by atoms with E-state index >= 15 is 0 Å². The zero-order valence-corrected chi connectivity index (χ0v) is 11.9. The van der Waals surface area contributed by atoms with Crippen molar-refractivity contribution in [3.63, 3.8) is 0 Å². The molecule has 2 atom stereocenters. The molecule has 0 heterocycles. The molecule has 1 rings (SSSR count). The zero-order chi connectivity index (χ0) is 16.1. The number of halogens is 3. The van der Waals surface area contributed by atoms with Crippen LogP contribution in [0.3, 0.4) is 0 Å². The number of hydrogen-bond acceptors (Lipinski definition) is 3. The van der Waals surface area contributed by atoms with E-state index in [0.29, 0.717) is 6.54 Å². The summed E-state index contributed by atoms with van der Waals surface area (Å²) in [6, 6.07) is 6.70. The van der Waals surface area contributed by atoms with Gasteiger partial charge in [0.1, 0.15) is 0 Å². The van der Waals surface area contributed by atoms with Crippen LogP contribution in [-0.2, 0) is 10.4 Å². The van der Waals surface area contributed by atoms with Gasteiger partial charge in [0.15, 0.2) is 0 Å². The number of carbonyl (C=O) groups excluding carboxylic acids is 1. The largest absolute Gasteiger partial charge is 0.423 e. The minimum absolute atomic E-state index is 0.306. The Labute approximate surface area is 121 Å². The summed E-state index contributed by atoms with van der Waals surface area (Å²) >= 11 is 0. The van der Waals surface area contributed by atoms with Gasteiger partial charge in [-0.3, -0.25) is 4.79 Å². The van der Waals surface area contributed by atoms with Crippen molar-refractivity contribution in [3.8, 4) is 0 Å². The Balaban J connectivity index is 2.89. The molecule has 0 saturated heterocycles. The van der Waals surface area contributed by atoms with Crippen molar-refractivity contribution in [2.45, 2.75) is 18.7 Å². The van der Waals surface area contributed by atoms with Crippen LogP contribution in [0.5, 0.6) is 0 Å². The van der Waals surface area contributed by atoms with Crippen LogP contribution in [0.2, 0.25) is 0 Å². The maximum absolute atomic E-state index is 13.2.